The molecular weight excluding hydrogens is 243 g/mol. The summed E-state index contributed by atoms with van der Waals surface area (Å²) >= 11 is 0. The maximum atomic E-state index is 5.90. The fourth-order valence-corrected chi connectivity index (χ4v) is 2.95. The van der Waals surface area contributed by atoms with E-state index in [1.165, 1.54) is 5.30 Å². The predicted molar refractivity (Wildman–Crippen MR) is 78.9 cm³/mol. The van der Waals surface area contributed by atoms with E-state index >= 15 is 0 Å². The van der Waals surface area contributed by atoms with Crippen molar-refractivity contribution < 1.29 is 9.47 Å². The van der Waals surface area contributed by atoms with Crippen molar-refractivity contribution in [2.75, 3.05) is 7.11 Å². The van der Waals surface area contributed by atoms with Crippen LogP contribution >= 0.6 is 8.58 Å². The molecule has 3 heteroatoms. The van der Waals surface area contributed by atoms with Gasteiger partial charge < -0.3 is 9.47 Å². The smallest absolute Gasteiger partial charge is 0.203 e. The Balaban J connectivity index is 1.92. The molecule has 0 aliphatic carbocycles. The van der Waals surface area contributed by atoms with Crippen LogP contribution in [-0.2, 0) is 0 Å². The second-order valence-corrected chi connectivity index (χ2v) is 6.01. The molecule has 0 saturated carbocycles. The Kier molecular flexibility index (Phi) is 4.60. The van der Waals surface area contributed by atoms with E-state index in [9.17, 15) is 0 Å². The topological polar surface area (TPSA) is 18.5 Å². The largest absolute Gasteiger partial charge is 0.497 e. The van der Waals surface area contributed by atoms with Gasteiger partial charge in [0.25, 0.3) is 0 Å². The predicted octanol–water partition coefficient (Wildman–Crippen LogP) is 3.16. The first kappa shape index (κ1) is 12.9. The molecule has 0 aliphatic rings. The van der Waals surface area contributed by atoms with Crippen LogP contribution in [0.2, 0.25) is 0 Å². The van der Waals surface area contributed by atoms with E-state index in [4.69, 9.17) is 9.47 Å². The van der Waals surface area contributed by atoms with Crippen molar-refractivity contribution in [1.29, 1.82) is 0 Å². The summed E-state index contributed by atoms with van der Waals surface area (Å²) in [6.07, 6.45) is 0. The lowest BCUT2D eigenvalue weighted by Gasteiger charge is -2.10. The molecule has 0 aromatic heterocycles. The van der Waals surface area contributed by atoms with E-state index in [-0.39, 0.29) is 14.4 Å². The first-order chi connectivity index (χ1) is 8.78. The minimum absolute atomic E-state index is 0.124. The molecule has 0 spiro atoms. The van der Waals surface area contributed by atoms with Gasteiger partial charge in [-0.25, -0.2) is 0 Å². The van der Waals surface area contributed by atoms with Crippen LogP contribution in [0.25, 0.3) is 0 Å². The lowest BCUT2D eigenvalue weighted by molar-refractivity contribution is 0.305. The first-order valence-electron chi connectivity index (χ1n) is 5.98. The van der Waals surface area contributed by atoms with Crippen LogP contribution in [0.4, 0.5) is 0 Å². The van der Waals surface area contributed by atoms with Crippen molar-refractivity contribution in [1.82, 2.24) is 0 Å². The van der Waals surface area contributed by atoms with Crippen molar-refractivity contribution in [2.45, 2.75) is 12.8 Å². The summed E-state index contributed by atoms with van der Waals surface area (Å²) in [6.45, 7) is 2.12. The van der Waals surface area contributed by atoms with E-state index in [2.05, 4.69) is 31.2 Å². The van der Waals surface area contributed by atoms with E-state index in [1.807, 2.05) is 30.3 Å². The van der Waals surface area contributed by atoms with Crippen molar-refractivity contribution in [3.05, 3.63) is 54.6 Å². The molecule has 0 N–H and O–H groups in total. The fraction of sp³-hybridized carbons (Fsp3) is 0.200. The molecule has 0 aliphatic heterocycles. The lowest BCUT2D eigenvalue weighted by Crippen LogP contribution is -2.09. The Morgan fingerprint density at radius 2 is 1.50 bits per heavy atom. The Hall–Kier alpha value is -1.53. The molecule has 2 unspecified atom stereocenters. The summed E-state index contributed by atoms with van der Waals surface area (Å²) in [5.41, 5.74) is 0. The molecule has 2 aromatic carbocycles. The number of hydrogen-bond acceptors (Lipinski definition) is 2. The third kappa shape index (κ3) is 3.75. The average Bonchev–Trinajstić information content (AvgIpc) is 2.40. The highest BCUT2D eigenvalue weighted by Crippen LogP contribution is 2.24. The molecule has 0 heterocycles. The van der Waals surface area contributed by atoms with Crippen LogP contribution in [0.1, 0.15) is 6.92 Å². The Bertz CT molecular complexity index is 468. The zero-order chi connectivity index (χ0) is 12.8. The number of ether oxygens (including phenoxy) is 2. The van der Waals surface area contributed by atoms with Gasteiger partial charge >= 0.3 is 0 Å². The van der Waals surface area contributed by atoms with Gasteiger partial charge in [-0.1, -0.05) is 18.2 Å². The number of benzene rings is 2. The minimum atomic E-state index is 0.124. The third-order valence-corrected chi connectivity index (χ3v) is 3.98. The Morgan fingerprint density at radius 1 is 0.889 bits per heavy atom. The normalized spacial score (nSPS) is 12.6. The summed E-state index contributed by atoms with van der Waals surface area (Å²) in [5.74, 6) is 1.98. The van der Waals surface area contributed by atoms with Crippen LogP contribution in [0.3, 0.4) is 0 Å². The maximum absolute atomic E-state index is 5.90. The van der Waals surface area contributed by atoms with E-state index in [0.717, 1.165) is 11.5 Å². The highest BCUT2D eigenvalue weighted by molar-refractivity contribution is 7.47. The van der Waals surface area contributed by atoms with Crippen molar-refractivity contribution in [2.24, 2.45) is 0 Å². The van der Waals surface area contributed by atoms with Crippen LogP contribution in [0, 0.1) is 0 Å². The number of hydrogen-bond donors (Lipinski definition) is 0. The highest BCUT2D eigenvalue weighted by atomic mass is 31.1. The SMILES string of the molecule is COc1ccc(OC(C)[PH2+]c2ccccc2)cc1. The first-order valence-corrected chi connectivity index (χ1v) is 7.23. The lowest BCUT2D eigenvalue weighted by atomic mass is 10.3. The standard InChI is InChI=1S/C15H17O2P/c1-12(18-15-6-4-3-5-7-15)17-14-10-8-13(16-2)9-11-14/h3-12,18H,1-2H3/p+1. The monoisotopic (exact) mass is 261 g/mol. The zero-order valence-electron chi connectivity index (χ0n) is 10.7. The molecular formula is C15H18O2P+. The van der Waals surface area contributed by atoms with Crippen molar-refractivity contribution in [3.8, 4) is 11.5 Å². The van der Waals surface area contributed by atoms with Crippen LogP contribution in [-0.4, -0.2) is 13.0 Å². The second-order valence-electron chi connectivity index (χ2n) is 4.08. The van der Waals surface area contributed by atoms with Gasteiger partial charge in [0.2, 0.25) is 5.85 Å². The molecule has 2 atom stereocenters. The van der Waals surface area contributed by atoms with Gasteiger partial charge in [0, 0.05) is 6.92 Å². The van der Waals surface area contributed by atoms with Crippen molar-refractivity contribution in [3.63, 3.8) is 0 Å². The van der Waals surface area contributed by atoms with Gasteiger partial charge in [0.1, 0.15) is 11.5 Å². The quantitative estimate of drug-likeness (QED) is 0.770. The Morgan fingerprint density at radius 3 is 2.11 bits per heavy atom. The van der Waals surface area contributed by atoms with Crippen LogP contribution < -0.4 is 14.8 Å². The molecule has 0 fully saturated rings. The molecule has 2 aromatic rings. The summed E-state index contributed by atoms with van der Waals surface area (Å²) in [4.78, 5) is 0. The molecule has 0 radical (unpaired) electrons. The Labute approximate surface area is 110 Å². The van der Waals surface area contributed by atoms with Gasteiger partial charge in [-0.2, -0.15) is 0 Å². The third-order valence-electron chi connectivity index (χ3n) is 2.61. The summed E-state index contributed by atoms with van der Waals surface area (Å²) in [7, 11) is 1.79. The molecule has 0 bridgehead atoms. The van der Waals surface area contributed by atoms with Crippen LogP contribution in [0.5, 0.6) is 11.5 Å². The van der Waals surface area contributed by atoms with E-state index in [1.54, 1.807) is 7.11 Å². The fourth-order valence-electron chi connectivity index (χ4n) is 1.74. The number of methoxy groups -OCH3 is 1. The minimum Gasteiger partial charge on any atom is -0.497 e. The summed E-state index contributed by atoms with van der Waals surface area (Å²) < 4.78 is 11.0. The second kappa shape index (κ2) is 6.42. The van der Waals surface area contributed by atoms with Gasteiger partial charge in [0.15, 0.2) is 0 Å². The van der Waals surface area contributed by atoms with Gasteiger partial charge in [-0.15, -0.1) is 0 Å². The molecule has 2 rings (SSSR count). The average molecular weight is 261 g/mol. The molecule has 94 valence electrons. The molecule has 0 amide bonds. The molecule has 2 nitrogen and oxygen atoms in total. The molecule has 0 saturated heterocycles. The van der Waals surface area contributed by atoms with E-state index in [0.29, 0.717) is 0 Å². The van der Waals surface area contributed by atoms with Gasteiger partial charge in [-0.05, 0) is 36.4 Å². The summed E-state index contributed by atoms with van der Waals surface area (Å²) in [6, 6.07) is 18.2. The zero-order valence-corrected chi connectivity index (χ0v) is 11.8. The van der Waals surface area contributed by atoms with Crippen LogP contribution in [0.15, 0.2) is 54.6 Å². The number of rotatable bonds is 5. The summed E-state index contributed by atoms with van der Waals surface area (Å²) in [5, 5.41) is 1.37. The van der Waals surface area contributed by atoms with Gasteiger partial charge in [-0.3, -0.25) is 0 Å². The maximum Gasteiger partial charge on any atom is 0.203 e. The van der Waals surface area contributed by atoms with Gasteiger partial charge in [0.05, 0.1) is 21.0 Å². The van der Waals surface area contributed by atoms with E-state index < -0.39 is 0 Å². The molecule has 18 heavy (non-hydrogen) atoms. The highest BCUT2D eigenvalue weighted by Gasteiger charge is 2.11. The van der Waals surface area contributed by atoms with Crippen molar-refractivity contribution >= 4 is 13.9 Å².